The predicted molar refractivity (Wildman–Crippen MR) is 76.6 cm³/mol. The number of methoxy groups -OCH3 is 1. The lowest BCUT2D eigenvalue weighted by Gasteiger charge is -2.38. The van der Waals surface area contributed by atoms with Gasteiger partial charge >= 0.3 is 0 Å². The van der Waals surface area contributed by atoms with Gasteiger partial charge in [-0.25, -0.2) is 0 Å². The first-order chi connectivity index (χ1) is 8.97. The van der Waals surface area contributed by atoms with E-state index in [1.54, 1.807) is 7.11 Å². The smallest absolute Gasteiger partial charge is 0.244 e. The lowest BCUT2D eigenvalue weighted by Crippen LogP contribution is -2.50. The summed E-state index contributed by atoms with van der Waals surface area (Å²) in [4.78, 5) is 14.5. The summed E-state index contributed by atoms with van der Waals surface area (Å²) in [7, 11) is 1.63. The molecule has 0 aliphatic carbocycles. The number of carbonyl (C=O) groups is 1. The van der Waals surface area contributed by atoms with E-state index in [9.17, 15) is 4.79 Å². The van der Waals surface area contributed by atoms with Crippen LogP contribution in [-0.4, -0.2) is 31.1 Å². The average Bonchev–Trinajstić information content (AvgIpc) is 2.47. The molecule has 0 aromatic heterocycles. The quantitative estimate of drug-likeness (QED) is 0.888. The lowest BCUT2D eigenvalue weighted by atomic mass is 9.97. The Bertz CT molecular complexity index is 471. The van der Waals surface area contributed by atoms with Crippen molar-refractivity contribution in [1.82, 2.24) is 5.32 Å². The molecule has 4 nitrogen and oxygen atoms in total. The van der Waals surface area contributed by atoms with Crippen LogP contribution < -0.4 is 15.0 Å². The fourth-order valence-corrected chi connectivity index (χ4v) is 2.54. The van der Waals surface area contributed by atoms with E-state index in [4.69, 9.17) is 4.74 Å². The van der Waals surface area contributed by atoms with Crippen LogP contribution in [0.25, 0.3) is 0 Å². The Morgan fingerprint density at radius 2 is 2.05 bits per heavy atom. The zero-order valence-corrected chi connectivity index (χ0v) is 12.1. The second-order valence-electron chi connectivity index (χ2n) is 5.58. The number of hydrogen-bond acceptors (Lipinski definition) is 3. The summed E-state index contributed by atoms with van der Waals surface area (Å²) in [6.45, 7) is 6.94. The van der Waals surface area contributed by atoms with E-state index < -0.39 is 0 Å². The van der Waals surface area contributed by atoms with Gasteiger partial charge in [0.05, 0.1) is 18.8 Å². The SMILES string of the molecule is COc1ccccc1N1C(=O)C(C)NCCC1(C)C. The first-order valence-electron chi connectivity index (χ1n) is 6.68. The summed E-state index contributed by atoms with van der Waals surface area (Å²) >= 11 is 0. The van der Waals surface area contributed by atoms with Crippen molar-refractivity contribution in [3.05, 3.63) is 24.3 Å². The van der Waals surface area contributed by atoms with Crippen LogP contribution in [0, 0.1) is 0 Å². The molecule has 1 aromatic carbocycles. The molecule has 1 N–H and O–H groups in total. The molecule has 1 heterocycles. The number of nitrogens with one attached hydrogen (secondary N) is 1. The van der Waals surface area contributed by atoms with Gasteiger partial charge in [-0.2, -0.15) is 0 Å². The second-order valence-corrected chi connectivity index (χ2v) is 5.58. The largest absolute Gasteiger partial charge is 0.495 e. The Hall–Kier alpha value is -1.55. The molecule has 0 radical (unpaired) electrons. The molecule has 1 aliphatic rings. The van der Waals surface area contributed by atoms with Crippen LogP contribution in [0.4, 0.5) is 5.69 Å². The number of carbonyl (C=O) groups excluding carboxylic acids is 1. The first-order valence-corrected chi connectivity index (χ1v) is 6.68. The van der Waals surface area contributed by atoms with E-state index in [-0.39, 0.29) is 17.5 Å². The van der Waals surface area contributed by atoms with Gasteiger partial charge in [0.25, 0.3) is 0 Å². The number of para-hydroxylation sites is 2. The van der Waals surface area contributed by atoms with Crippen molar-refractivity contribution in [1.29, 1.82) is 0 Å². The summed E-state index contributed by atoms with van der Waals surface area (Å²) < 4.78 is 5.40. The van der Waals surface area contributed by atoms with Gasteiger partial charge in [0.15, 0.2) is 0 Å². The first kappa shape index (κ1) is 13.9. The molecule has 1 aromatic rings. The van der Waals surface area contributed by atoms with Gasteiger partial charge in [0, 0.05) is 5.54 Å². The zero-order chi connectivity index (χ0) is 14.0. The van der Waals surface area contributed by atoms with Crippen LogP contribution >= 0.6 is 0 Å². The summed E-state index contributed by atoms with van der Waals surface area (Å²) in [5.41, 5.74) is 0.610. The Morgan fingerprint density at radius 3 is 2.74 bits per heavy atom. The molecule has 1 unspecified atom stereocenters. The molecule has 1 aliphatic heterocycles. The zero-order valence-electron chi connectivity index (χ0n) is 12.1. The van der Waals surface area contributed by atoms with E-state index in [1.807, 2.05) is 36.1 Å². The van der Waals surface area contributed by atoms with Crippen molar-refractivity contribution < 1.29 is 9.53 Å². The number of nitrogens with zero attached hydrogens (tertiary/aromatic N) is 1. The standard InChI is InChI=1S/C15H22N2O2/c1-11-14(18)17(15(2,3)9-10-16-11)12-7-5-6-8-13(12)19-4/h5-8,11,16H,9-10H2,1-4H3. The summed E-state index contributed by atoms with van der Waals surface area (Å²) in [5.74, 6) is 0.824. The minimum absolute atomic E-state index is 0.0898. The molecule has 1 saturated heterocycles. The van der Waals surface area contributed by atoms with E-state index in [1.165, 1.54) is 0 Å². The maximum atomic E-state index is 12.6. The number of ether oxygens (including phenoxy) is 1. The molecule has 104 valence electrons. The Labute approximate surface area is 114 Å². The monoisotopic (exact) mass is 262 g/mol. The Balaban J connectivity index is 2.51. The van der Waals surface area contributed by atoms with Crippen molar-refractivity contribution in [3.8, 4) is 5.75 Å². The maximum absolute atomic E-state index is 12.6. The highest BCUT2D eigenvalue weighted by Gasteiger charge is 2.38. The highest BCUT2D eigenvalue weighted by atomic mass is 16.5. The number of amides is 1. The molecule has 2 rings (SSSR count). The molecule has 0 spiro atoms. The minimum atomic E-state index is -0.233. The maximum Gasteiger partial charge on any atom is 0.244 e. The fourth-order valence-electron chi connectivity index (χ4n) is 2.54. The van der Waals surface area contributed by atoms with Crippen molar-refractivity contribution in [2.45, 2.75) is 38.8 Å². The van der Waals surface area contributed by atoms with Crippen molar-refractivity contribution in [2.24, 2.45) is 0 Å². The molecule has 19 heavy (non-hydrogen) atoms. The summed E-state index contributed by atoms with van der Waals surface area (Å²) in [5, 5.41) is 3.26. The topological polar surface area (TPSA) is 41.6 Å². The van der Waals surface area contributed by atoms with Crippen molar-refractivity contribution >= 4 is 11.6 Å². The molecule has 0 bridgehead atoms. The van der Waals surface area contributed by atoms with Crippen LogP contribution in [0.5, 0.6) is 5.75 Å². The van der Waals surface area contributed by atoms with E-state index >= 15 is 0 Å². The van der Waals surface area contributed by atoms with Crippen LogP contribution in [-0.2, 0) is 4.79 Å². The Morgan fingerprint density at radius 1 is 1.37 bits per heavy atom. The van der Waals surface area contributed by atoms with Crippen LogP contribution in [0.1, 0.15) is 27.2 Å². The third-order valence-corrected chi connectivity index (χ3v) is 3.71. The summed E-state index contributed by atoms with van der Waals surface area (Å²) in [6, 6.07) is 7.51. The van der Waals surface area contributed by atoms with Gasteiger partial charge in [-0.05, 0) is 45.9 Å². The van der Waals surface area contributed by atoms with Gasteiger partial charge in [-0.1, -0.05) is 12.1 Å². The molecule has 1 amide bonds. The number of anilines is 1. The van der Waals surface area contributed by atoms with Gasteiger partial charge in [0.2, 0.25) is 5.91 Å². The lowest BCUT2D eigenvalue weighted by molar-refractivity contribution is -0.120. The van der Waals surface area contributed by atoms with Gasteiger partial charge < -0.3 is 15.0 Å². The molecular weight excluding hydrogens is 240 g/mol. The molecule has 0 saturated carbocycles. The average molecular weight is 262 g/mol. The van der Waals surface area contributed by atoms with Crippen LogP contribution in [0.3, 0.4) is 0 Å². The van der Waals surface area contributed by atoms with E-state index in [0.717, 1.165) is 24.4 Å². The number of benzene rings is 1. The summed E-state index contributed by atoms with van der Waals surface area (Å²) in [6.07, 6.45) is 0.904. The fraction of sp³-hybridized carbons (Fsp3) is 0.533. The highest BCUT2D eigenvalue weighted by Crippen LogP contribution is 2.35. The molecule has 4 heteroatoms. The number of rotatable bonds is 2. The van der Waals surface area contributed by atoms with Gasteiger partial charge in [0.1, 0.15) is 5.75 Å². The van der Waals surface area contributed by atoms with Crippen LogP contribution in [0.15, 0.2) is 24.3 Å². The minimum Gasteiger partial charge on any atom is -0.495 e. The van der Waals surface area contributed by atoms with E-state index in [2.05, 4.69) is 19.2 Å². The second kappa shape index (κ2) is 5.21. The third kappa shape index (κ3) is 2.59. The molecule has 1 fully saturated rings. The van der Waals surface area contributed by atoms with Crippen molar-refractivity contribution in [3.63, 3.8) is 0 Å². The molecular formula is C15H22N2O2. The van der Waals surface area contributed by atoms with Crippen LogP contribution in [0.2, 0.25) is 0 Å². The van der Waals surface area contributed by atoms with Gasteiger partial charge in [-0.15, -0.1) is 0 Å². The van der Waals surface area contributed by atoms with Gasteiger partial charge in [-0.3, -0.25) is 4.79 Å². The normalized spacial score (nSPS) is 23.1. The predicted octanol–water partition coefficient (Wildman–Crippen LogP) is 2.19. The molecule has 1 atom stereocenters. The Kier molecular flexibility index (Phi) is 3.80. The highest BCUT2D eigenvalue weighted by molar-refractivity contribution is 5.99. The third-order valence-electron chi connectivity index (χ3n) is 3.71. The van der Waals surface area contributed by atoms with E-state index in [0.29, 0.717) is 0 Å². The number of hydrogen-bond donors (Lipinski definition) is 1. The van der Waals surface area contributed by atoms with Crippen molar-refractivity contribution in [2.75, 3.05) is 18.6 Å².